The molecule has 1 fully saturated rings. The molecule has 0 radical (unpaired) electrons. The van der Waals surface area contributed by atoms with Crippen LogP contribution in [0.15, 0.2) is 34.9 Å². The van der Waals surface area contributed by atoms with Crippen molar-refractivity contribution in [3.8, 4) is 11.3 Å². The molecule has 2 unspecified atom stereocenters. The zero-order valence-electron chi connectivity index (χ0n) is 12.8. The van der Waals surface area contributed by atoms with Gasteiger partial charge in [-0.05, 0) is 31.5 Å². The number of H-pyrrole nitrogens is 1. The van der Waals surface area contributed by atoms with Gasteiger partial charge in [0.1, 0.15) is 5.82 Å². The lowest BCUT2D eigenvalue weighted by molar-refractivity contribution is 0.136. The summed E-state index contributed by atoms with van der Waals surface area (Å²) in [6.45, 7) is 7.48. The van der Waals surface area contributed by atoms with Crippen molar-refractivity contribution in [2.24, 2.45) is 0 Å². The monoisotopic (exact) mass is 384 g/mol. The molecule has 2 heterocycles. The number of nitrogens with zero attached hydrogens (tertiary/aromatic N) is 2. The number of benzene rings is 1. The molecule has 0 amide bonds. The highest BCUT2D eigenvalue weighted by atomic mass is 79.9. The van der Waals surface area contributed by atoms with Crippen LogP contribution in [0.1, 0.15) is 19.7 Å². The Morgan fingerprint density at radius 1 is 1.27 bits per heavy atom. The number of aromatic amines is 1. The fourth-order valence-electron chi connectivity index (χ4n) is 2.73. The molecule has 6 heteroatoms. The van der Waals surface area contributed by atoms with Gasteiger partial charge in [-0.25, -0.2) is 4.98 Å². The number of hydrogen-bond acceptors (Lipinski definition) is 3. The minimum absolute atomic E-state index is 0. The first kappa shape index (κ1) is 17.5. The van der Waals surface area contributed by atoms with E-state index in [0.717, 1.165) is 35.6 Å². The normalized spacial score (nSPS) is 22.3. The lowest BCUT2D eigenvalue weighted by atomic mass is 10.1. The number of aromatic nitrogens is 2. The van der Waals surface area contributed by atoms with E-state index < -0.39 is 0 Å². The van der Waals surface area contributed by atoms with Gasteiger partial charge < -0.3 is 10.3 Å². The van der Waals surface area contributed by atoms with E-state index in [1.807, 2.05) is 6.20 Å². The maximum atomic E-state index is 4.54. The van der Waals surface area contributed by atoms with Crippen molar-refractivity contribution in [1.82, 2.24) is 20.2 Å². The molecule has 1 aromatic heterocycles. The molecule has 3 rings (SSSR count). The van der Waals surface area contributed by atoms with Crippen LogP contribution in [-0.2, 0) is 6.54 Å². The van der Waals surface area contributed by atoms with Gasteiger partial charge in [0, 0.05) is 29.6 Å². The van der Waals surface area contributed by atoms with E-state index in [1.165, 1.54) is 5.56 Å². The van der Waals surface area contributed by atoms with E-state index in [4.69, 9.17) is 0 Å². The molecule has 0 bridgehead atoms. The molecule has 0 saturated carbocycles. The topological polar surface area (TPSA) is 44.0 Å². The number of nitrogens with one attached hydrogen (secondary N) is 2. The Kier molecular flexibility index (Phi) is 6.03. The standard InChI is InChI=1S/C16H21BrN4.ClH/c1-11-9-21(12(2)7-18-11)10-16-19-8-15(20-16)13-3-5-14(17)6-4-13;/h3-6,8,11-12,18H,7,9-10H2,1-2H3,(H,19,20);1H. The van der Waals surface area contributed by atoms with E-state index in [1.54, 1.807) is 0 Å². The first-order valence-electron chi connectivity index (χ1n) is 7.39. The number of rotatable bonds is 3. The molecule has 120 valence electrons. The fourth-order valence-corrected chi connectivity index (χ4v) is 2.99. The van der Waals surface area contributed by atoms with Crippen molar-refractivity contribution < 1.29 is 0 Å². The first-order valence-corrected chi connectivity index (χ1v) is 8.18. The molecule has 2 atom stereocenters. The van der Waals surface area contributed by atoms with Crippen LogP contribution in [0, 0.1) is 0 Å². The molecular formula is C16H22BrClN4. The van der Waals surface area contributed by atoms with Gasteiger partial charge in [0.25, 0.3) is 0 Å². The summed E-state index contributed by atoms with van der Waals surface area (Å²) >= 11 is 3.46. The number of imidazole rings is 1. The Morgan fingerprint density at radius 2 is 2.00 bits per heavy atom. The van der Waals surface area contributed by atoms with Gasteiger partial charge in [-0.2, -0.15) is 0 Å². The van der Waals surface area contributed by atoms with Gasteiger partial charge in [0.05, 0.1) is 18.4 Å². The van der Waals surface area contributed by atoms with Crippen molar-refractivity contribution >= 4 is 28.3 Å². The van der Waals surface area contributed by atoms with Gasteiger partial charge in [0.2, 0.25) is 0 Å². The van der Waals surface area contributed by atoms with Gasteiger partial charge in [-0.3, -0.25) is 4.90 Å². The van der Waals surface area contributed by atoms with Gasteiger partial charge in [-0.15, -0.1) is 12.4 Å². The third-order valence-electron chi connectivity index (χ3n) is 4.03. The van der Waals surface area contributed by atoms with Crippen LogP contribution in [0.4, 0.5) is 0 Å². The molecule has 2 aromatic rings. The van der Waals surface area contributed by atoms with E-state index in [-0.39, 0.29) is 12.4 Å². The summed E-state index contributed by atoms with van der Waals surface area (Å²) in [6.07, 6.45) is 1.93. The first-order chi connectivity index (χ1) is 10.1. The van der Waals surface area contributed by atoms with Crippen LogP contribution < -0.4 is 5.32 Å². The molecule has 2 N–H and O–H groups in total. The molecule has 22 heavy (non-hydrogen) atoms. The largest absolute Gasteiger partial charge is 0.341 e. The molecule has 4 nitrogen and oxygen atoms in total. The zero-order valence-corrected chi connectivity index (χ0v) is 15.2. The third-order valence-corrected chi connectivity index (χ3v) is 4.56. The van der Waals surface area contributed by atoms with Crippen LogP contribution in [0.25, 0.3) is 11.3 Å². The maximum absolute atomic E-state index is 4.54. The quantitative estimate of drug-likeness (QED) is 0.850. The summed E-state index contributed by atoms with van der Waals surface area (Å²) in [6, 6.07) is 9.38. The van der Waals surface area contributed by atoms with Crippen molar-refractivity contribution in [2.45, 2.75) is 32.5 Å². The maximum Gasteiger partial charge on any atom is 0.120 e. The van der Waals surface area contributed by atoms with Crippen molar-refractivity contribution in [2.75, 3.05) is 13.1 Å². The third kappa shape index (κ3) is 4.10. The molecule has 0 aliphatic carbocycles. The predicted octanol–water partition coefficient (Wildman–Crippen LogP) is 3.44. The van der Waals surface area contributed by atoms with Gasteiger partial charge >= 0.3 is 0 Å². The second-order valence-corrected chi connectivity index (χ2v) is 6.75. The number of hydrogen-bond donors (Lipinski definition) is 2. The summed E-state index contributed by atoms with van der Waals surface area (Å²) in [5.41, 5.74) is 2.24. The minimum atomic E-state index is 0. The van der Waals surface area contributed by atoms with Crippen molar-refractivity contribution in [3.63, 3.8) is 0 Å². The molecule has 1 aliphatic heterocycles. The van der Waals surface area contributed by atoms with Crippen molar-refractivity contribution in [3.05, 3.63) is 40.8 Å². The van der Waals surface area contributed by atoms with Gasteiger partial charge in [0.15, 0.2) is 0 Å². The predicted molar refractivity (Wildman–Crippen MR) is 96.3 cm³/mol. The van der Waals surface area contributed by atoms with E-state index in [0.29, 0.717) is 12.1 Å². The number of piperazine rings is 1. The Labute approximate surface area is 146 Å². The summed E-state index contributed by atoms with van der Waals surface area (Å²) in [4.78, 5) is 10.5. The van der Waals surface area contributed by atoms with Crippen LogP contribution in [0.2, 0.25) is 0 Å². The molecule has 1 aliphatic rings. The second kappa shape index (κ2) is 7.59. The second-order valence-electron chi connectivity index (χ2n) is 5.84. The highest BCUT2D eigenvalue weighted by Crippen LogP contribution is 2.20. The number of halogens is 2. The Bertz CT molecular complexity index is 598. The average molecular weight is 386 g/mol. The highest BCUT2D eigenvalue weighted by Gasteiger charge is 2.23. The van der Waals surface area contributed by atoms with Crippen LogP contribution in [0.5, 0.6) is 0 Å². The zero-order chi connectivity index (χ0) is 14.8. The van der Waals surface area contributed by atoms with Crippen molar-refractivity contribution in [1.29, 1.82) is 0 Å². The highest BCUT2D eigenvalue weighted by molar-refractivity contribution is 9.10. The summed E-state index contributed by atoms with van der Waals surface area (Å²) in [5, 5.41) is 3.51. The Hall–Kier alpha value is -0.880. The lowest BCUT2D eigenvalue weighted by Gasteiger charge is -2.36. The molecule has 1 aromatic carbocycles. The SMILES string of the molecule is CC1CN(Cc2ncc(-c3ccc(Br)cc3)[nH]2)C(C)CN1.Cl. The summed E-state index contributed by atoms with van der Waals surface area (Å²) in [5.74, 6) is 1.04. The van der Waals surface area contributed by atoms with Crippen LogP contribution >= 0.6 is 28.3 Å². The van der Waals surface area contributed by atoms with Gasteiger partial charge in [-0.1, -0.05) is 28.1 Å². The molecule has 1 saturated heterocycles. The summed E-state index contributed by atoms with van der Waals surface area (Å²) < 4.78 is 1.09. The fraction of sp³-hybridized carbons (Fsp3) is 0.438. The lowest BCUT2D eigenvalue weighted by Crippen LogP contribution is -2.53. The Morgan fingerprint density at radius 3 is 2.73 bits per heavy atom. The summed E-state index contributed by atoms with van der Waals surface area (Å²) in [7, 11) is 0. The van der Waals surface area contributed by atoms with Crippen LogP contribution in [-0.4, -0.2) is 40.0 Å². The van der Waals surface area contributed by atoms with E-state index in [9.17, 15) is 0 Å². The molecular weight excluding hydrogens is 364 g/mol. The smallest absolute Gasteiger partial charge is 0.120 e. The molecule has 0 spiro atoms. The van der Waals surface area contributed by atoms with E-state index >= 15 is 0 Å². The van der Waals surface area contributed by atoms with Crippen LogP contribution in [0.3, 0.4) is 0 Å². The minimum Gasteiger partial charge on any atom is -0.341 e. The average Bonchev–Trinajstić information content (AvgIpc) is 2.92. The van der Waals surface area contributed by atoms with E-state index in [2.05, 4.69) is 74.2 Å². The Balaban J connectivity index is 0.00000176.